The molecular weight excluding hydrogens is 476 g/mol. The van der Waals surface area contributed by atoms with Crippen molar-refractivity contribution in [1.29, 1.82) is 0 Å². The fraction of sp³-hybridized carbons (Fsp3) is 0.276. The van der Waals surface area contributed by atoms with Gasteiger partial charge in [0.05, 0.1) is 5.69 Å². The minimum absolute atomic E-state index is 0.0563. The Labute approximate surface area is 214 Å². The number of benzene rings is 3. The maximum Gasteiger partial charge on any atom is 0.259 e. The molecule has 0 radical (unpaired) electrons. The largest absolute Gasteiger partial charge is 0.350 e. The second-order valence-electron chi connectivity index (χ2n) is 9.31. The third-order valence-corrected chi connectivity index (χ3v) is 6.83. The molecule has 3 amide bonds. The summed E-state index contributed by atoms with van der Waals surface area (Å²) in [7, 11) is 0. The van der Waals surface area contributed by atoms with E-state index in [1.807, 2.05) is 37.3 Å². The molecule has 3 aromatic carbocycles. The maximum atomic E-state index is 15.2. The molecule has 1 aliphatic heterocycles. The molecule has 0 bridgehead atoms. The molecule has 0 saturated carbocycles. The highest BCUT2D eigenvalue weighted by atomic mass is 19.1. The Morgan fingerprint density at radius 3 is 2.22 bits per heavy atom. The van der Waals surface area contributed by atoms with Crippen molar-refractivity contribution in [2.75, 3.05) is 18.0 Å². The lowest BCUT2D eigenvalue weighted by atomic mass is 9.83. The Balaban J connectivity index is 1.81. The van der Waals surface area contributed by atoms with E-state index in [1.165, 1.54) is 6.92 Å². The summed E-state index contributed by atoms with van der Waals surface area (Å²) in [6.45, 7) is 3.86. The van der Waals surface area contributed by atoms with E-state index in [-0.39, 0.29) is 49.6 Å². The average Bonchev–Trinajstić information content (AvgIpc) is 2.90. The molecule has 1 heterocycles. The predicted octanol–water partition coefficient (Wildman–Crippen LogP) is 4.62. The molecule has 1 aliphatic rings. The van der Waals surface area contributed by atoms with E-state index < -0.39 is 29.0 Å². The topological polar surface area (TPSA) is 69.7 Å². The van der Waals surface area contributed by atoms with E-state index in [0.717, 1.165) is 34.2 Å². The number of hydrogen-bond donors (Lipinski definition) is 1. The summed E-state index contributed by atoms with van der Waals surface area (Å²) in [6.07, 6.45) is 0.113. The van der Waals surface area contributed by atoms with Gasteiger partial charge in [0.1, 0.15) is 17.2 Å². The molecule has 0 aliphatic carbocycles. The summed E-state index contributed by atoms with van der Waals surface area (Å²) in [6, 6.07) is 18.8. The van der Waals surface area contributed by atoms with Crippen LogP contribution < -0.4 is 10.2 Å². The van der Waals surface area contributed by atoms with E-state index >= 15 is 4.39 Å². The zero-order chi connectivity index (χ0) is 26.6. The SMILES string of the molecule is CC(=O)N1CCC(C(=O)NCc2ccccc2)(N(C(=O)c2ccc(C)cc2)c2cc(F)ccc2F)CC1. The number of carbonyl (C=O) groups is 3. The van der Waals surface area contributed by atoms with E-state index in [0.29, 0.717) is 0 Å². The second-order valence-corrected chi connectivity index (χ2v) is 9.31. The number of carbonyl (C=O) groups excluding carboxylic acids is 3. The highest BCUT2D eigenvalue weighted by Crippen LogP contribution is 2.37. The van der Waals surface area contributed by atoms with Crippen molar-refractivity contribution in [2.45, 2.75) is 38.8 Å². The van der Waals surface area contributed by atoms with Crippen LogP contribution >= 0.6 is 0 Å². The quantitative estimate of drug-likeness (QED) is 0.532. The lowest BCUT2D eigenvalue weighted by Crippen LogP contribution is -2.65. The van der Waals surface area contributed by atoms with Crippen molar-refractivity contribution in [3.8, 4) is 0 Å². The second kappa shape index (κ2) is 10.9. The molecular formula is C29H29F2N3O3. The minimum atomic E-state index is -1.56. The van der Waals surface area contributed by atoms with E-state index in [2.05, 4.69) is 5.32 Å². The van der Waals surface area contributed by atoms with Gasteiger partial charge in [0.15, 0.2) is 0 Å². The first-order valence-electron chi connectivity index (χ1n) is 12.2. The summed E-state index contributed by atoms with van der Waals surface area (Å²) < 4.78 is 29.6. The van der Waals surface area contributed by atoms with Crippen LogP contribution in [0.25, 0.3) is 0 Å². The fourth-order valence-electron chi connectivity index (χ4n) is 4.70. The molecule has 6 nitrogen and oxygen atoms in total. The van der Waals surface area contributed by atoms with Crippen LogP contribution in [-0.4, -0.2) is 41.2 Å². The summed E-state index contributed by atoms with van der Waals surface area (Å²) in [5.74, 6) is -2.85. The van der Waals surface area contributed by atoms with E-state index in [1.54, 1.807) is 29.2 Å². The van der Waals surface area contributed by atoms with E-state index in [4.69, 9.17) is 0 Å². The summed E-state index contributed by atoms with van der Waals surface area (Å²) in [4.78, 5) is 42.7. The third-order valence-electron chi connectivity index (χ3n) is 6.83. The van der Waals surface area contributed by atoms with Gasteiger partial charge in [0.25, 0.3) is 5.91 Å². The Morgan fingerprint density at radius 1 is 0.946 bits per heavy atom. The van der Waals surface area contributed by atoms with Crippen LogP contribution in [0, 0.1) is 18.6 Å². The van der Waals surface area contributed by atoms with Gasteiger partial charge in [-0.2, -0.15) is 0 Å². The van der Waals surface area contributed by atoms with Gasteiger partial charge in [-0.1, -0.05) is 48.0 Å². The van der Waals surface area contributed by atoms with Gasteiger partial charge in [-0.25, -0.2) is 8.78 Å². The number of nitrogens with one attached hydrogen (secondary N) is 1. The normalized spacial score (nSPS) is 14.6. The van der Waals surface area contributed by atoms with Gasteiger partial charge in [-0.05, 0) is 49.6 Å². The lowest BCUT2D eigenvalue weighted by Gasteiger charge is -2.47. The van der Waals surface area contributed by atoms with Crippen molar-refractivity contribution in [3.05, 3.63) is 101 Å². The molecule has 1 N–H and O–H groups in total. The lowest BCUT2D eigenvalue weighted by molar-refractivity contribution is -0.135. The number of aryl methyl sites for hydroxylation is 1. The average molecular weight is 506 g/mol. The molecule has 1 fully saturated rings. The summed E-state index contributed by atoms with van der Waals surface area (Å²) >= 11 is 0. The zero-order valence-corrected chi connectivity index (χ0v) is 20.8. The Morgan fingerprint density at radius 2 is 1.59 bits per heavy atom. The van der Waals surface area contributed by atoms with Crippen LogP contribution in [0.15, 0.2) is 72.8 Å². The number of nitrogens with zero attached hydrogens (tertiary/aromatic N) is 2. The van der Waals surface area contributed by atoms with Crippen molar-refractivity contribution in [3.63, 3.8) is 0 Å². The van der Waals surface area contributed by atoms with Crippen LogP contribution in [0.3, 0.4) is 0 Å². The van der Waals surface area contributed by atoms with Crippen LogP contribution in [0.4, 0.5) is 14.5 Å². The van der Waals surface area contributed by atoms with Crippen molar-refractivity contribution >= 4 is 23.4 Å². The number of halogens is 2. The van der Waals surface area contributed by atoms with Gasteiger partial charge >= 0.3 is 0 Å². The van der Waals surface area contributed by atoms with Crippen LogP contribution in [0.1, 0.15) is 41.3 Å². The van der Waals surface area contributed by atoms with Gasteiger partial charge in [-0.15, -0.1) is 0 Å². The molecule has 37 heavy (non-hydrogen) atoms. The fourth-order valence-corrected chi connectivity index (χ4v) is 4.70. The van der Waals surface area contributed by atoms with Crippen LogP contribution in [-0.2, 0) is 16.1 Å². The highest BCUT2D eigenvalue weighted by molar-refractivity contribution is 6.11. The van der Waals surface area contributed by atoms with Gasteiger partial charge in [0.2, 0.25) is 11.8 Å². The molecule has 0 aromatic heterocycles. The molecule has 4 rings (SSSR count). The maximum absolute atomic E-state index is 15.2. The molecule has 0 spiro atoms. The molecule has 8 heteroatoms. The van der Waals surface area contributed by atoms with Crippen molar-refractivity contribution in [2.24, 2.45) is 0 Å². The molecule has 0 unspecified atom stereocenters. The zero-order valence-electron chi connectivity index (χ0n) is 20.8. The molecule has 1 saturated heterocycles. The van der Waals surface area contributed by atoms with Crippen LogP contribution in [0.2, 0.25) is 0 Å². The first-order chi connectivity index (χ1) is 17.7. The Hall–Kier alpha value is -4.07. The van der Waals surface area contributed by atoms with Crippen molar-refractivity contribution < 1.29 is 23.2 Å². The molecule has 3 aromatic rings. The first kappa shape index (κ1) is 26.0. The molecule has 0 atom stereocenters. The Kier molecular flexibility index (Phi) is 7.66. The third kappa shape index (κ3) is 5.53. The van der Waals surface area contributed by atoms with Gasteiger partial charge < -0.3 is 10.2 Å². The predicted molar refractivity (Wildman–Crippen MR) is 137 cm³/mol. The summed E-state index contributed by atoms with van der Waals surface area (Å²) in [5, 5.41) is 2.90. The Bertz CT molecular complexity index is 1290. The molecule has 192 valence electrons. The number of likely N-dealkylation sites (tertiary alicyclic amines) is 1. The van der Waals surface area contributed by atoms with Crippen molar-refractivity contribution in [1.82, 2.24) is 10.2 Å². The van der Waals surface area contributed by atoms with Gasteiger partial charge in [-0.3, -0.25) is 19.3 Å². The first-order valence-corrected chi connectivity index (χ1v) is 12.2. The number of anilines is 1. The number of rotatable bonds is 6. The van der Waals surface area contributed by atoms with Gasteiger partial charge in [0, 0.05) is 38.2 Å². The van der Waals surface area contributed by atoms with E-state index in [9.17, 15) is 18.8 Å². The smallest absolute Gasteiger partial charge is 0.259 e. The van der Waals surface area contributed by atoms with Crippen LogP contribution in [0.5, 0.6) is 0 Å². The highest BCUT2D eigenvalue weighted by Gasteiger charge is 2.50. The number of amides is 3. The summed E-state index contributed by atoms with van der Waals surface area (Å²) in [5.41, 5.74) is 0.123. The minimum Gasteiger partial charge on any atom is -0.350 e. The monoisotopic (exact) mass is 505 g/mol. The standard InChI is InChI=1S/C29H29F2N3O3/c1-20-8-10-23(11-9-20)27(36)34(26-18-24(30)12-13-25(26)31)29(14-16-33(17-15-29)21(2)35)28(37)32-19-22-6-4-3-5-7-22/h3-13,18H,14-17,19H2,1-2H3,(H,32,37). The number of hydrogen-bond acceptors (Lipinski definition) is 3. The number of piperidine rings is 1.